The van der Waals surface area contributed by atoms with Crippen molar-refractivity contribution in [3.05, 3.63) is 5.15 Å². The highest BCUT2D eigenvalue weighted by Crippen LogP contribution is 2.17. The Hall–Kier alpha value is -0.430. The lowest BCUT2D eigenvalue weighted by atomic mass is 10.4. The number of aliphatic hydroxyl groups is 1. The molecule has 0 aliphatic carbocycles. The second-order valence-corrected chi connectivity index (χ2v) is 3.28. The van der Waals surface area contributed by atoms with Crippen LogP contribution in [0.4, 0.5) is 5.82 Å². The van der Waals surface area contributed by atoms with Crippen LogP contribution in [-0.4, -0.2) is 40.2 Å². The predicted octanol–water partition coefficient (Wildman–Crippen LogP) is 0.611. The Morgan fingerprint density at radius 3 is 3.00 bits per heavy atom. The Kier molecular flexibility index (Phi) is 4.37. The number of rotatable bonds is 5. The van der Waals surface area contributed by atoms with Gasteiger partial charge in [0, 0.05) is 13.7 Å². The number of nitrogens with one attached hydrogen (secondary N) is 1. The van der Waals surface area contributed by atoms with Crippen molar-refractivity contribution in [2.75, 3.05) is 25.6 Å². The van der Waals surface area contributed by atoms with Crippen LogP contribution >= 0.6 is 23.3 Å². The third-order valence-corrected chi connectivity index (χ3v) is 2.20. The number of aromatic nitrogens is 2. The molecule has 0 amide bonds. The summed E-state index contributed by atoms with van der Waals surface area (Å²) in [6, 6.07) is 0. The van der Waals surface area contributed by atoms with Crippen molar-refractivity contribution in [3.8, 4) is 0 Å². The standard InChI is InChI=1S/C6H10ClN3O2S/c1-12-3-4(11)2-8-6-5(7)9-13-10-6/h4,11H,2-3H2,1H3,(H,8,10). The normalized spacial score (nSPS) is 12.8. The van der Waals surface area contributed by atoms with Crippen molar-refractivity contribution in [2.45, 2.75) is 6.10 Å². The number of hydrogen-bond acceptors (Lipinski definition) is 6. The van der Waals surface area contributed by atoms with Gasteiger partial charge in [-0.1, -0.05) is 11.6 Å². The average molecular weight is 224 g/mol. The molecule has 0 fully saturated rings. The Morgan fingerprint density at radius 1 is 1.69 bits per heavy atom. The zero-order valence-electron chi connectivity index (χ0n) is 7.03. The van der Waals surface area contributed by atoms with Crippen LogP contribution in [0.2, 0.25) is 5.15 Å². The van der Waals surface area contributed by atoms with Crippen molar-refractivity contribution in [2.24, 2.45) is 0 Å². The largest absolute Gasteiger partial charge is 0.389 e. The highest BCUT2D eigenvalue weighted by Gasteiger charge is 2.07. The van der Waals surface area contributed by atoms with Crippen molar-refractivity contribution >= 4 is 29.1 Å². The van der Waals surface area contributed by atoms with Gasteiger partial charge in [-0.05, 0) is 0 Å². The van der Waals surface area contributed by atoms with Gasteiger partial charge in [0.1, 0.15) is 0 Å². The zero-order valence-corrected chi connectivity index (χ0v) is 8.60. The van der Waals surface area contributed by atoms with E-state index < -0.39 is 6.10 Å². The summed E-state index contributed by atoms with van der Waals surface area (Å²) in [5.41, 5.74) is 0. The number of hydrogen-bond donors (Lipinski definition) is 2. The summed E-state index contributed by atoms with van der Waals surface area (Å²) < 4.78 is 12.4. The van der Waals surface area contributed by atoms with Crippen LogP contribution in [0.5, 0.6) is 0 Å². The topological polar surface area (TPSA) is 67.3 Å². The molecule has 7 heteroatoms. The van der Waals surface area contributed by atoms with E-state index >= 15 is 0 Å². The molecule has 0 saturated carbocycles. The zero-order chi connectivity index (χ0) is 9.68. The molecule has 0 bridgehead atoms. The van der Waals surface area contributed by atoms with Gasteiger partial charge in [-0.2, -0.15) is 8.75 Å². The molecule has 1 atom stereocenters. The Labute approximate surface area is 85.0 Å². The number of nitrogens with zero attached hydrogens (tertiary/aromatic N) is 2. The molecule has 1 rings (SSSR count). The Bertz CT molecular complexity index is 258. The fraction of sp³-hybridized carbons (Fsp3) is 0.667. The van der Waals surface area contributed by atoms with Crippen molar-refractivity contribution in [1.29, 1.82) is 0 Å². The molecule has 1 heterocycles. The molecule has 0 radical (unpaired) electrons. The lowest BCUT2D eigenvalue weighted by Gasteiger charge is -2.09. The summed E-state index contributed by atoms with van der Waals surface area (Å²) in [6.07, 6.45) is -0.567. The van der Waals surface area contributed by atoms with Crippen LogP contribution in [-0.2, 0) is 4.74 Å². The SMILES string of the molecule is COCC(O)CNc1nsnc1Cl. The monoisotopic (exact) mass is 223 g/mol. The maximum atomic E-state index is 9.26. The minimum atomic E-state index is -0.567. The van der Waals surface area contributed by atoms with E-state index in [0.717, 1.165) is 11.7 Å². The number of ether oxygens (including phenoxy) is 1. The van der Waals surface area contributed by atoms with Crippen LogP contribution in [0.15, 0.2) is 0 Å². The molecule has 13 heavy (non-hydrogen) atoms. The summed E-state index contributed by atoms with van der Waals surface area (Å²) in [4.78, 5) is 0. The van der Waals surface area contributed by atoms with E-state index in [-0.39, 0.29) is 6.61 Å². The summed E-state index contributed by atoms with van der Waals surface area (Å²) in [5.74, 6) is 0.502. The highest BCUT2D eigenvalue weighted by molar-refractivity contribution is 6.99. The summed E-state index contributed by atoms with van der Waals surface area (Å²) >= 11 is 6.69. The molecular weight excluding hydrogens is 214 g/mol. The molecule has 1 aromatic heterocycles. The van der Waals surface area contributed by atoms with Crippen LogP contribution in [0.1, 0.15) is 0 Å². The highest BCUT2D eigenvalue weighted by atomic mass is 35.5. The van der Waals surface area contributed by atoms with Gasteiger partial charge in [-0.3, -0.25) is 0 Å². The van der Waals surface area contributed by atoms with Gasteiger partial charge in [0.15, 0.2) is 11.0 Å². The van der Waals surface area contributed by atoms with Crippen molar-refractivity contribution in [1.82, 2.24) is 8.75 Å². The number of halogens is 1. The molecule has 0 aromatic carbocycles. The van der Waals surface area contributed by atoms with Gasteiger partial charge in [-0.25, -0.2) is 0 Å². The first kappa shape index (κ1) is 10.6. The van der Waals surface area contributed by atoms with Gasteiger partial charge in [0.05, 0.1) is 24.4 Å². The smallest absolute Gasteiger partial charge is 0.186 e. The molecule has 0 aliphatic heterocycles. The van der Waals surface area contributed by atoms with E-state index in [0.29, 0.717) is 17.5 Å². The fourth-order valence-corrected chi connectivity index (χ4v) is 1.43. The molecule has 5 nitrogen and oxygen atoms in total. The number of methoxy groups -OCH3 is 1. The van der Waals surface area contributed by atoms with E-state index in [2.05, 4.69) is 14.1 Å². The molecule has 1 aromatic rings. The first-order valence-corrected chi connectivity index (χ1v) is 4.73. The van der Waals surface area contributed by atoms with E-state index in [9.17, 15) is 5.11 Å². The Balaban J connectivity index is 2.30. The van der Waals surface area contributed by atoms with Crippen LogP contribution < -0.4 is 5.32 Å². The molecule has 0 aliphatic rings. The van der Waals surface area contributed by atoms with E-state index in [1.54, 1.807) is 0 Å². The third kappa shape index (κ3) is 3.43. The lowest BCUT2D eigenvalue weighted by molar-refractivity contribution is 0.0727. The lowest BCUT2D eigenvalue weighted by Crippen LogP contribution is -2.24. The van der Waals surface area contributed by atoms with E-state index in [1.165, 1.54) is 7.11 Å². The molecular formula is C6H10ClN3O2S. The van der Waals surface area contributed by atoms with Crippen LogP contribution in [0.25, 0.3) is 0 Å². The van der Waals surface area contributed by atoms with Gasteiger partial charge >= 0.3 is 0 Å². The van der Waals surface area contributed by atoms with Gasteiger partial charge in [-0.15, -0.1) is 0 Å². The predicted molar refractivity (Wildman–Crippen MR) is 51.3 cm³/mol. The van der Waals surface area contributed by atoms with Gasteiger partial charge in [0.2, 0.25) is 0 Å². The number of anilines is 1. The summed E-state index contributed by atoms with van der Waals surface area (Å²) in [5, 5.41) is 12.4. The second kappa shape index (κ2) is 5.33. The van der Waals surface area contributed by atoms with Crippen molar-refractivity contribution < 1.29 is 9.84 Å². The maximum Gasteiger partial charge on any atom is 0.186 e. The van der Waals surface area contributed by atoms with Crippen LogP contribution in [0, 0.1) is 0 Å². The first-order chi connectivity index (χ1) is 6.24. The van der Waals surface area contributed by atoms with Crippen molar-refractivity contribution in [3.63, 3.8) is 0 Å². The minimum Gasteiger partial charge on any atom is -0.389 e. The summed E-state index contributed by atoms with van der Waals surface area (Å²) in [6.45, 7) is 0.626. The molecule has 0 spiro atoms. The van der Waals surface area contributed by atoms with Crippen LogP contribution in [0.3, 0.4) is 0 Å². The molecule has 0 saturated heterocycles. The minimum absolute atomic E-state index is 0.280. The molecule has 2 N–H and O–H groups in total. The van der Waals surface area contributed by atoms with E-state index in [1.807, 2.05) is 0 Å². The fourth-order valence-electron chi connectivity index (χ4n) is 0.749. The summed E-state index contributed by atoms with van der Waals surface area (Å²) in [7, 11) is 1.53. The average Bonchev–Trinajstić information content (AvgIpc) is 2.48. The maximum absolute atomic E-state index is 9.26. The first-order valence-electron chi connectivity index (χ1n) is 3.63. The molecule has 1 unspecified atom stereocenters. The van der Waals surface area contributed by atoms with Gasteiger partial charge in [0.25, 0.3) is 0 Å². The Morgan fingerprint density at radius 2 is 2.46 bits per heavy atom. The van der Waals surface area contributed by atoms with Gasteiger partial charge < -0.3 is 15.2 Å². The molecule has 74 valence electrons. The number of aliphatic hydroxyl groups excluding tert-OH is 1. The quantitative estimate of drug-likeness (QED) is 0.766. The third-order valence-electron chi connectivity index (χ3n) is 1.31. The van der Waals surface area contributed by atoms with E-state index in [4.69, 9.17) is 16.3 Å². The second-order valence-electron chi connectivity index (χ2n) is 2.39.